The first-order chi connectivity index (χ1) is 5.47. The average Bonchev–Trinajstić information content (AvgIpc) is 2.31. The van der Waals surface area contributed by atoms with Crippen LogP contribution in [0.15, 0.2) is 6.07 Å². The fraction of sp³-hybridized carbons (Fsp3) is 0.667. The zero-order valence-corrected chi connectivity index (χ0v) is 9.20. The van der Waals surface area contributed by atoms with Gasteiger partial charge < -0.3 is 0 Å². The third-order valence-corrected chi connectivity index (χ3v) is 3.36. The van der Waals surface area contributed by atoms with E-state index in [1.165, 1.54) is 5.69 Å². The molecule has 0 spiro atoms. The van der Waals surface area contributed by atoms with Gasteiger partial charge in [0.05, 0.1) is 16.1 Å². The third-order valence-electron chi connectivity index (χ3n) is 2.13. The number of thioether (sulfide) groups is 1. The maximum atomic E-state index is 4.33. The molecule has 0 bridgehead atoms. The van der Waals surface area contributed by atoms with Crippen LogP contribution >= 0.6 is 11.8 Å². The Balaban J connectivity index is 3.09. The van der Waals surface area contributed by atoms with Crippen molar-refractivity contribution < 1.29 is 0 Å². The van der Waals surface area contributed by atoms with Gasteiger partial charge in [-0.2, -0.15) is 16.9 Å². The topological polar surface area (TPSA) is 17.8 Å². The molecule has 1 aromatic heterocycles. The average molecular weight is 184 g/mol. The van der Waals surface area contributed by atoms with E-state index in [4.69, 9.17) is 0 Å². The Labute approximate surface area is 78.4 Å². The number of nitrogens with zero attached hydrogens (tertiary/aromatic N) is 2. The monoisotopic (exact) mass is 184 g/mol. The number of rotatable bonds is 2. The molecule has 68 valence electrons. The summed E-state index contributed by atoms with van der Waals surface area (Å²) in [4.78, 5) is 0. The van der Waals surface area contributed by atoms with E-state index >= 15 is 0 Å². The Morgan fingerprint density at radius 3 is 2.42 bits per heavy atom. The molecule has 0 aliphatic carbocycles. The standard InChI is InChI=1S/C9H16N2S/c1-7-6-8(11(4)10-7)9(2,3)12-5/h6H,1-5H3. The predicted molar refractivity (Wildman–Crippen MR) is 54.5 cm³/mol. The first kappa shape index (κ1) is 9.65. The minimum Gasteiger partial charge on any atom is -0.271 e. The van der Waals surface area contributed by atoms with Crippen molar-refractivity contribution in [1.82, 2.24) is 9.78 Å². The highest BCUT2D eigenvalue weighted by molar-refractivity contribution is 7.99. The molecule has 0 aliphatic heterocycles. The minimum absolute atomic E-state index is 0.163. The van der Waals surface area contributed by atoms with Crippen molar-refractivity contribution in [1.29, 1.82) is 0 Å². The highest BCUT2D eigenvalue weighted by atomic mass is 32.2. The smallest absolute Gasteiger partial charge is 0.0597 e. The molecular weight excluding hydrogens is 168 g/mol. The molecule has 0 radical (unpaired) electrons. The summed E-state index contributed by atoms with van der Waals surface area (Å²) in [7, 11) is 2.00. The second-order valence-corrected chi connectivity index (χ2v) is 4.94. The van der Waals surface area contributed by atoms with Gasteiger partial charge >= 0.3 is 0 Å². The van der Waals surface area contributed by atoms with E-state index in [0.29, 0.717) is 0 Å². The van der Waals surface area contributed by atoms with Crippen LogP contribution in [0.3, 0.4) is 0 Å². The second kappa shape index (κ2) is 3.13. The lowest BCUT2D eigenvalue weighted by molar-refractivity contribution is 0.635. The summed E-state index contributed by atoms with van der Waals surface area (Å²) >= 11 is 1.85. The van der Waals surface area contributed by atoms with Gasteiger partial charge in [-0.25, -0.2) is 0 Å². The van der Waals surface area contributed by atoms with Crippen LogP contribution < -0.4 is 0 Å². The minimum atomic E-state index is 0.163. The van der Waals surface area contributed by atoms with Crippen LogP contribution in [-0.4, -0.2) is 16.0 Å². The molecule has 1 heterocycles. The number of aromatic nitrogens is 2. The van der Waals surface area contributed by atoms with E-state index in [2.05, 4.69) is 31.3 Å². The van der Waals surface area contributed by atoms with Gasteiger partial charge in [0, 0.05) is 7.05 Å². The Kier molecular flexibility index (Phi) is 2.52. The molecule has 12 heavy (non-hydrogen) atoms. The Morgan fingerprint density at radius 2 is 2.08 bits per heavy atom. The van der Waals surface area contributed by atoms with E-state index < -0.39 is 0 Å². The van der Waals surface area contributed by atoms with Crippen LogP contribution in [0.4, 0.5) is 0 Å². The summed E-state index contributed by atoms with van der Waals surface area (Å²) in [6.45, 7) is 6.46. The summed E-state index contributed by atoms with van der Waals surface area (Å²) in [5, 5.41) is 4.33. The number of hydrogen-bond donors (Lipinski definition) is 0. The molecule has 2 nitrogen and oxygen atoms in total. The van der Waals surface area contributed by atoms with Crippen molar-refractivity contribution in [3.63, 3.8) is 0 Å². The molecule has 0 atom stereocenters. The Morgan fingerprint density at radius 1 is 1.50 bits per heavy atom. The fourth-order valence-corrected chi connectivity index (χ4v) is 1.68. The molecule has 0 saturated heterocycles. The van der Waals surface area contributed by atoms with Crippen molar-refractivity contribution in [3.8, 4) is 0 Å². The van der Waals surface area contributed by atoms with Crippen LogP contribution in [-0.2, 0) is 11.8 Å². The van der Waals surface area contributed by atoms with Crippen molar-refractivity contribution in [3.05, 3.63) is 17.5 Å². The Bertz CT molecular complexity index is 276. The summed E-state index contributed by atoms with van der Waals surface area (Å²) in [5.74, 6) is 0. The zero-order chi connectivity index (χ0) is 9.35. The maximum absolute atomic E-state index is 4.33. The molecule has 0 N–H and O–H groups in total. The zero-order valence-electron chi connectivity index (χ0n) is 8.38. The normalized spacial score (nSPS) is 12.1. The largest absolute Gasteiger partial charge is 0.271 e. The lowest BCUT2D eigenvalue weighted by Gasteiger charge is -2.21. The van der Waals surface area contributed by atoms with Gasteiger partial charge in [-0.05, 0) is 33.1 Å². The fourth-order valence-electron chi connectivity index (χ4n) is 1.28. The van der Waals surface area contributed by atoms with Crippen LogP contribution in [0.5, 0.6) is 0 Å². The molecular formula is C9H16N2S. The maximum Gasteiger partial charge on any atom is 0.0597 e. The summed E-state index contributed by atoms with van der Waals surface area (Å²) < 4.78 is 2.13. The van der Waals surface area contributed by atoms with Gasteiger partial charge in [-0.15, -0.1) is 0 Å². The van der Waals surface area contributed by atoms with E-state index in [1.807, 2.05) is 30.4 Å². The van der Waals surface area contributed by atoms with Crippen molar-refractivity contribution >= 4 is 11.8 Å². The molecule has 0 aromatic carbocycles. The molecule has 1 rings (SSSR count). The number of hydrogen-bond acceptors (Lipinski definition) is 2. The van der Waals surface area contributed by atoms with Gasteiger partial charge in [0.15, 0.2) is 0 Å². The molecule has 0 aliphatic rings. The van der Waals surface area contributed by atoms with Crippen LogP contribution in [0.25, 0.3) is 0 Å². The summed E-state index contributed by atoms with van der Waals surface area (Å²) in [5.41, 5.74) is 2.38. The van der Waals surface area contributed by atoms with Gasteiger partial charge in [-0.3, -0.25) is 4.68 Å². The predicted octanol–water partition coefficient (Wildman–Crippen LogP) is 2.33. The molecule has 0 amide bonds. The summed E-state index contributed by atoms with van der Waals surface area (Å²) in [6.07, 6.45) is 2.13. The van der Waals surface area contributed by atoms with Crippen LogP contribution in [0, 0.1) is 6.92 Å². The quantitative estimate of drug-likeness (QED) is 0.702. The summed E-state index contributed by atoms with van der Waals surface area (Å²) in [6, 6.07) is 2.15. The van der Waals surface area contributed by atoms with E-state index in [0.717, 1.165) is 5.69 Å². The van der Waals surface area contributed by atoms with Crippen LogP contribution in [0.2, 0.25) is 0 Å². The van der Waals surface area contributed by atoms with Crippen molar-refractivity contribution in [2.24, 2.45) is 7.05 Å². The van der Waals surface area contributed by atoms with Gasteiger partial charge in [0.1, 0.15) is 0 Å². The second-order valence-electron chi connectivity index (χ2n) is 3.51. The number of aryl methyl sites for hydroxylation is 2. The van der Waals surface area contributed by atoms with Gasteiger partial charge in [0.2, 0.25) is 0 Å². The SMILES string of the molecule is CSC(C)(C)c1cc(C)nn1C. The van der Waals surface area contributed by atoms with Gasteiger partial charge in [-0.1, -0.05) is 0 Å². The first-order valence-corrected chi connectivity index (χ1v) is 5.26. The van der Waals surface area contributed by atoms with Crippen molar-refractivity contribution in [2.45, 2.75) is 25.5 Å². The molecule has 1 aromatic rings. The lowest BCUT2D eigenvalue weighted by atomic mass is 10.1. The van der Waals surface area contributed by atoms with E-state index in [-0.39, 0.29) is 4.75 Å². The first-order valence-electron chi connectivity index (χ1n) is 4.03. The van der Waals surface area contributed by atoms with E-state index in [9.17, 15) is 0 Å². The lowest BCUT2D eigenvalue weighted by Crippen LogP contribution is -2.16. The highest BCUT2D eigenvalue weighted by Crippen LogP contribution is 2.33. The van der Waals surface area contributed by atoms with Gasteiger partial charge in [0.25, 0.3) is 0 Å². The third kappa shape index (κ3) is 1.66. The van der Waals surface area contributed by atoms with Crippen LogP contribution in [0.1, 0.15) is 25.2 Å². The highest BCUT2D eigenvalue weighted by Gasteiger charge is 2.22. The van der Waals surface area contributed by atoms with E-state index in [1.54, 1.807) is 0 Å². The molecule has 3 heteroatoms. The molecule has 0 fully saturated rings. The Hall–Kier alpha value is -0.440. The van der Waals surface area contributed by atoms with Crippen molar-refractivity contribution in [2.75, 3.05) is 6.26 Å². The molecule has 0 unspecified atom stereocenters. The molecule has 0 saturated carbocycles.